The van der Waals surface area contributed by atoms with Gasteiger partial charge in [0.05, 0.1) is 5.69 Å². The first-order chi connectivity index (χ1) is 18.6. The third-order valence-electron chi connectivity index (χ3n) is 6.92. The third kappa shape index (κ3) is 6.69. The molecule has 3 heterocycles. The van der Waals surface area contributed by atoms with Gasteiger partial charge in [0.2, 0.25) is 17.8 Å². The minimum Gasteiger partial charge on any atom is -0.506 e. The maximum Gasteiger partial charge on any atom is 0.255 e. The van der Waals surface area contributed by atoms with Crippen LogP contribution in [0.1, 0.15) is 22.3 Å². The molecule has 2 aromatic carbocycles. The fraction of sp³-hybridized carbons (Fsp3) is 0.385. The van der Waals surface area contributed by atoms with Gasteiger partial charge in [0, 0.05) is 67.7 Å². The van der Waals surface area contributed by atoms with Crippen molar-refractivity contribution in [2.24, 2.45) is 22.9 Å². The van der Waals surface area contributed by atoms with E-state index >= 15 is 0 Å². The molecule has 2 fully saturated rings. The van der Waals surface area contributed by atoms with Gasteiger partial charge in [-0.2, -0.15) is 15.0 Å². The molecule has 11 N–H and O–H groups in total. The molecule has 5 rings (SSSR count). The normalized spacial score (nSPS) is 22.5. The molecule has 2 aliphatic rings. The monoisotopic (exact) mass is 569 g/mol. The molecule has 214 valence electrons. The molecule has 0 bridgehead atoms. The summed E-state index contributed by atoms with van der Waals surface area (Å²) in [6, 6.07) is 11.4. The summed E-state index contributed by atoms with van der Waals surface area (Å²) >= 11 is 0. The molecular weight excluding hydrogens is 534 g/mol. The van der Waals surface area contributed by atoms with E-state index in [4.69, 9.17) is 22.9 Å². The molecule has 14 heteroatoms. The van der Waals surface area contributed by atoms with Gasteiger partial charge in [0.15, 0.2) is 0 Å². The number of benzene rings is 2. The van der Waals surface area contributed by atoms with Crippen molar-refractivity contribution in [2.45, 2.75) is 37.5 Å². The number of aromatic nitrogens is 3. The second-order valence-corrected chi connectivity index (χ2v) is 10.3. The van der Waals surface area contributed by atoms with Crippen LogP contribution in [0.3, 0.4) is 0 Å². The first-order valence-corrected chi connectivity index (χ1v) is 12.9. The molecule has 2 saturated heterocycles. The van der Waals surface area contributed by atoms with Crippen LogP contribution in [0.25, 0.3) is 0 Å². The summed E-state index contributed by atoms with van der Waals surface area (Å²) in [7, 11) is 0. The number of nitrogens with zero attached hydrogens (tertiary/aromatic N) is 5. The molecule has 1 aromatic heterocycles. The quantitative estimate of drug-likeness (QED) is 0.204. The molecule has 13 nitrogen and oxygen atoms in total. The van der Waals surface area contributed by atoms with E-state index in [1.165, 1.54) is 6.07 Å². The van der Waals surface area contributed by atoms with Crippen molar-refractivity contribution in [1.29, 1.82) is 0 Å². The van der Waals surface area contributed by atoms with Crippen molar-refractivity contribution in [3.63, 3.8) is 0 Å². The lowest BCUT2D eigenvalue weighted by Crippen LogP contribution is -2.53. The molecule has 0 saturated carbocycles. The van der Waals surface area contributed by atoms with Gasteiger partial charge in [-0.15, -0.1) is 12.4 Å². The van der Waals surface area contributed by atoms with E-state index in [-0.39, 0.29) is 59.9 Å². The van der Waals surface area contributed by atoms with E-state index in [1.54, 1.807) is 24.3 Å². The molecule has 4 atom stereocenters. The fourth-order valence-electron chi connectivity index (χ4n) is 4.80. The van der Waals surface area contributed by atoms with Crippen molar-refractivity contribution in [3.05, 3.63) is 53.6 Å². The number of nitrogens with two attached hydrogens (primary N) is 4. The first kappa shape index (κ1) is 29.2. The summed E-state index contributed by atoms with van der Waals surface area (Å²) in [5.74, 6) is 0.711. The van der Waals surface area contributed by atoms with E-state index < -0.39 is 0 Å². The molecule has 0 unspecified atom stereocenters. The highest BCUT2D eigenvalue weighted by atomic mass is 35.5. The van der Waals surface area contributed by atoms with Crippen molar-refractivity contribution in [2.75, 3.05) is 46.6 Å². The van der Waals surface area contributed by atoms with Crippen molar-refractivity contribution < 1.29 is 9.90 Å². The van der Waals surface area contributed by atoms with Gasteiger partial charge in [-0.25, -0.2) is 0 Å². The lowest BCUT2D eigenvalue weighted by Gasteiger charge is -2.35. The topological polar surface area (TPSA) is 211 Å². The second kappa shape index (κ2) is 12.2. The molecule has 2 aliphatic heterocycles. The number of anilines is 5. The van der Waals surface area contributed by atoms with Crippen LogP contribution in [0, 0.1) is 6.92 Å². The average Bonchev–Trinajstić information content (AvgIpc) is 3.23. The van der Waals surface area contributed by atoms with E-state index in [2.05, 4.69) is 25.6 Å². The van der Waals surface area contributed by atoms with Gasteiger partial charge >= 0.3 is 0 Å². The zero-order valence-corrected chi connectivity index (χ0v) is 23.0. The van der Waals surface area contributed by atoms with E-state index in [0.717, 1.165) is 12.0 Å². The SMILES string of the molecule is Cc1ccc(C(=O)Nc2ccc(Nc3nc(N4C[C@H](N)C[C@H](N)C4)nc(N4C[C@@H](N)[C@@H](N)C4)n3)cc2O)cc1.Cl. The highest BCUT2D eigenvalue weighted by molar-refractivity contribution is 6.05. The van der Waals surface area contributed by atoms with E-state index in [0.29, 0.717) is 49.3 Å². The maximum atomic E-state index is 12.6. The van der Waals surface area contributed by atoms with Crippen LogP contribution < -0.4 is 43.4 Å². The Balaban J connectivity index is 0.00000370. The number of phenols is 1. The Kier molecular flexibility index (Phi) is 8.91. The summed E-state index contributed by atoms with van der Waals surface area (Å²) in [4.78, 5) is 30.4. The molecular formula is C26H36ClN11O2. The first-order valence-electron chi connectivity index (χ1n) is 12.9. The number of amides is 1. The number of aryl methyl sites for hydroxylation is 1. The Morgan fingerprint density at radius 2 is 1.45 bits per heavy atom. The molecule has 0 radical (unpaired) electrons. The van der Waals surface area contributed by atoms with Crippen LogP contribution in [0.5, 0.6) is 5.75 Å². The predicted octanol–water partition coefficient (Wildman–Crippen LogP) is 0.643. The summed E-state index contributed by atoms with van der Waals surface area (Å²) in [5.41, 5.74) is 27.0. The van der Waals surface area contributed by atoms with Crippen LogP contribution in [0.2, 0.25) is 0 Å². The Morgan fingerprint density at radius 3 is 2.02 bits per heavy atom. The number of carbonyl (C=O) groups is 1. The van der Waals surface area contributed by atoms with Gasteiger partial charge in [-0.3, -0.25) is 4.79 Å². The zero-order valence-electron chi connectivity index (χ0n) is 22.2. The number of hydrogen-bond donors (Lipinski definition) is 7. The number of carbonyl (C=O) groups excluding carboxylic acids is 1. The maximum absolute atomic E-state index is 12.6. The van der Waals surface area contributed by atoms with Crippen LogP contribution in [0.15, 0.2) is 42.5 Å². The van der Waals surface area contributed by atoms with E-state index in [1.807, 2.05) is 28.9 Å². The average molecular weight is 570 g/mol. The molecule has 0 aliphatic carbocycles. The summed E-state index contributed by atoms with van der Waals surface area (Å²) in [6.07, 6.45) is 0.724. The van der Waals surface area contributed by atoms with Gasteiger partial charge in [-0.05, 0) is 37.6 Å². The second-order valence-electron chi connectivity index (χ2n) is 10.3. The summed E-state index contributed by atoms with van der Waals surface area (Å²) < 4.78 is 0. The summed E-state index contributed by atoms with van der Waals surface area (Å²) in [5, 5.41) is 16.5. The predicted molar refractivity (Wildman–Crippen MR) is 159 cm³/mol. The lowest BCUT2D eigenvalue weighted by molar-refractivity contribution is 0.102. The minimum absolute atomic E-state index is 0. The number of phenolic OH excluding ortho intramolecular Hbond substituents is 1. The number of hydrogen-bond acceptors (Lipinski definition) is 12. The van der Waals surface area contributed by atoms with Gasteiger partial charge in [-0.1, -0.05) is 17.7 Å². The Labute approximate surface area is 238 Å². The van der Waals surface area contributed by atoms with Crippen LogP contribution in [-0.4, -0.2) is 76.3 Å². The zero-order chi connectivity index (χ0) is 27.7. The van der Waals surface area contributed by atoms with E-state index in [9.17, 15) is 9.90 Å². The van der Waals surface area contributed by atoms with Crippen LogP contribution in [-0.2, 0) is 0 Å². The smallest absolute Gasteiger partial charge is 0.255 e. The number of nitrogens with one attached hydrogen (secondary N) is 2. The Hall–Kier alpha value is -3.75. The number of rotatable bonds is 6. The van der Waals surface area contributed by atoms with Crippen molar-refractivity contribution in [3.8, 4) is 5.75 Å². The fourth-order valence-corrected chi connectivity index (χ4v) is 4.80. The molecule has 0 spiro atoms. The van der Waals surface area contributed by atoms with Gasteiger partial charge in [0.25, 0.3) is 5.91 Å². The molecule has 3 aromatic rings. The van der Waals surface area contributed by atoms with Crippen molar-refractivity contribution in [1.82, 2.24) is 15.0 Å². The Morgan fingerprint density at radius 1 is 0.875 bits per heavy atom. The highest BCUT2D eigenvalue weighted by Crippen LogP contribution is 2.30. The van der Waals surface area contributed by atoms with Crippen LogP contribution >= 0.6 is 12.4 Å². The molecule has 1 amide bonds. The standard InChI is InChI=1S/C26H35N11O2.ClH/c1-14-2-4-15(5-3-14)23(39)32-21-7-6-18(9-22(21)38)31-24-33-25(36-10-16(27)8-17(28)11-36)35-26(34-24)37-12-19(29)20(30)13-37;/h2-7,9,16-17,19-20,38H,8,10-13,27-30H2,1H3,(H,32,39)(H,31,33,34,35);1H/t16-,17+,19-,20+;. The highest BCUT2D eigenvalue weighted by Gasteiger charge is 2.31. The lowest BCUT2D eigenvalue weighted by atomic mass is 10.0. The Bertz CT molecular complexity index is 1320. The third-order valence-corrected chi connectivity index (χ3v) is 6.92. The number of aromatic hydroxyl groups is 1. The van der Waals surface area contributed by atoms with Gasteiger partial charge < -0.3 is 48.5 Å². The van der Waals surface area contributed by atoms with Crippen molar-refractivity contribution >= 4 is 47.5 Å². The number of piperidine rings is 1. The molecule has 40 heavy (non-hydrogen) atoms. The van der Waals surface area contributed by atoms with Gasteiger partial charge in [0.1, 0.15) is 5.75 Å². The number of halogens is 1. The van der Waals surface area contributed by atoms with Crippen LogP contribution in [0.4, 0.5) is 29.2 Å². The largest absolute Gasteiger partial charge is 0.506 e. The minimum atomic E-state index is -0.322. The summed E-state index contributed by atoms with van der Waals surface area (Å²) in [6.45, 7) is 4.10.